The molecule has 0 saturated heterocycles. The van der Waals surface area contributed by atoms with Crippen molar-refractivity contribution in [2.24, 2.45) is 0 Å². The molecule has 0 amide bonds. The molecular weight excluding hydrogens is 208 g/mol. The molecule has 0 radical (unpaired) electrons. The van der Waals surface area contributed by atoms with Crippen LogP contribution in [0, 0.1) is 0 Å². The summed E-state index contributed by atoms with van der Waals surface area (Å²) in [7, 11) is -2.68. The first-order chi connectivity index (χ1) is 5.85. The Morgan fingerprint density at radius 2 is 1.31 bits per heavy atom. The Morgan fingerprint density at radius 3 is 1.46 bits per heavy atom. The van der Waals surface area contributed by atoms with Crippen LogP contribution in [0.1, 0.15) is 26.7 Å². The molecule has 0 atom stereocenters. The van der Waals surface area contributed by atoms with E-state index >= 15 is 0 Å². The second kappa shape index (κ2) is 8.84. The van der Waals surface area contributed by atoms with Crippen molar-refractivity contribution in [3.8, 4) is 0 Å². The molecule has 3 nitrogen and oxygen atoms in total. The van der Waals surface area contributed by atoms with Crippen LogP contribution in [0.4, 0.5) is 0 Å². The molecule has 0 heterocycles. The van der Waals surface area contributed by atoms with Crippen molar-refractivity contribution in [3.05, 3.63) is 0 Å². The zero-order valence-corrected chi connectivity index (χ0v) is 10.5. The van der Waals surface area contributed by atoms with Gasteiger partial charge in [-0.25, -0.2) is 8.42 Å². The van der Waals surface area contributed by atoms with Crippen LogP contribution in [0.5, 0.6) is 0 Å². The monoisotopic (exact) mass is 228 g/mol. The van der Waals surface area contributed by atoms with E-state index in [0.717, 1.165) is 12.8 Å². The Hall–Kier alpha value is 0.260. The molecular formula is C8H20O3S2. The molecule has 82 valence electrons. The third-order valence-corrected chi connectivity index (χ3v) is 3.09. The van der Waals surface area contributed by atoms with Crippen LogP contribution in [0.3, 0.4) is 0 Å². The molecule has 0 N–H and O–H groups in total. The topological polar surface area (TPSA) is 57.2 Å². The fraction of sp³-hybridized carbons (Fsp3) is 1.00. The summed E-state index contributed by atoms with van der Waals surface area (Å²) in [4.78, 5) is 0. The molecule has 0 saturated carbocycles. The van der Waals surface area contributed by atoms with Gasteiger partial charge in [0.15, 0.2) is 0 Å². The third kappa shape index (κ3) is 18.9. The van der Waals surface area contributed by atoms with Crippen molar-refractivity contribution in [1.29, 1.82) is 0 Å². The Morgan fingerprint density at radius 1 is 1.08 bits per heavy atom. The van der Waals surface area contributed by atoms with Gasteiger partial charge in [0.1, 0.15) is 9.84 Å². The molecule has 0 aliphatic rings. The first-order valence-electron chi connectivity index (χ1n) is 4.31. The molecule has 0 aliphatic carbocycles. The van der Waals surface area contributed by atoms with Gasteiger partial charge in [0.05, 0.1) is 12.5 Å². The van der Waals surface area contributed by atoms with E-state index in [2.05, 4.69) is 0 Å². The van der Waals surface area contributed by atoms with Gasteiger partial charge in [-0.15, -0.1) is 0 Å². The van der Waals surface area contributed by atoms with Crippen molar-refractivity contribution >= 4 is 21.0 Å². The summed E-state index contributed by atoms with van der Waals surface area (Å²) < 4.78 is 31.2. The summed E-state index contributed by atoms with van der Waals surface area (Å²) in [6, 6.07) is 0. The number of hydrogen-bond donors (Lipinski definition) is 0. The maximum Gasteiger partial charge on any atom is 0.150 e. The van der Waals surface area contributed by atoms with Crippen LogP contribution in [-0.2, 0) is 21.0 Å². The highest BCUT2D eigenvalue weighted by molar-refractivity contribution is 7.91. The van der Waals surface area contributed by atoms with Crippen LogP contribution < -0.4 is 0 Å². The third-order valence-electron chi connectivity index (χ3n) is 1.03. The van der Waals surface area contributed by atoms with Crippen LogP contribution in [0.25, 0.3) is 0 Å². The molecule has 0 bridgehead atoms. The van der Waals surface area contributed by atoms with E-state index in [0.29, 0.717) is 11.5 Å². The SMILES string of the molecule is CCCS(=O)(=O)CCC.C[S+](C)[O-]. The molecule has 0 unspecified atom stereocenters. The van der Waals surface area contributed by atoms with Crippen molar-refractivity contribution in [2.45, 2.75) is 26.7 Å². The quantitative estimate of drug-likeness (QED) is 0.680. The lowest BCUT2D eigenvalue weighted by Gasteiger charge is -1.96. The van der Waals surface area contributed by atoms with E-state index in [1.165, 1.54) is 0 Å². The highest BCUT2D eigenvalue weighted by Gasteiger charge is 2.05. The number of hydrogen-bond acceptors (Lipinski definition) is 3. The molecule has 5 heteroatoms. The zero-order valence-electron chi connectivity index (χ0n) is 8.87. The predicted octanol–water partition coefficient (Wildman–Crippen LogP) is 1.22. The Bertz CT molecular complexity index is 171. The average molecular weight is 228 g/mol. The molecule has 0 aromatic rings. The molecule has 0 aliphatic heterocycles. The smallest absolute Gasteiger partial charge is 0.150 e. The molecule has 0 spiro atoms. The van der Waals surface area contributed by atoms with Crippen LogP contribution >= 0.6 is 0 Å². The largest absolute Gasteiger partial charge is 0.617 e. The summed E-state index contributed by atoms with van der Waals surface area (Å²) in [5.41, 5.74) is 0. The minimum Gasteiger partial charge on any atom is -0.617 e. The number of sulfone groups is 1. The molecule has 0 rings (SSSR count). The minimum absolute atomic E-state index is 0.348. The molecule has 0 aromatic carbocycles. The molecule has 0 fully saturated rings. The van der Waals surface area contributed by atoms with Gasteiger partial charge in [-0.1, -0.05) is 25.0 Å². The van der Waals surface area contributed by atoms with Gasteiger partial charge in [0.2, 0.25) is 0 Å². The van der Waals surface area contributed by atoms with Crippen molar-refractivity contribution in [2.75, 3.05) is 24.0 Å². The van der Waals surface area contributed by atoms with Gasteiger partial charge in [0, 0.05) is 11.5 Å². The average Bonchev–Trinajstić information content (AvgIpc) is 1.84. The normalized spacial score (nSPS) is 10.9. The second-order valence-electron chi connectivity index (χ2n) is 2.89. The maximum absolute atomic E-state index is 10.8. The van der Waals surface area contributed by atoms with E-state index in [-0.39, 0.29) is 0 Å². The standard InChI is InChI=1S/C6H14O2S.C2H6OS/c1-3-5-9(7,8)6-4-2;1-4(2)3/h3-6H2,1-2H3;1-2H3. The van der Waals surface area contributed by atoms with E-state index in [4.69, 9.17) is 0 Å². The summed E-state index contributed by atoms with van der Waals surface area (Å²) in [5.74, 6) is 0.696. The first kappa shape index (κ1) is 15.7. The predicted molar refractivity (Wildman–Crippen MR) is 59.2 cm³/mol. The Kier molecular flexibility index (Phi) is 10.7. The summed E-state index contributed by atoms with van der Waals surface area (Å²) >= 11 is -0.611. The van der Waals surface area contributed by atoms with Crippen molar-refractivity contribution in [1.82, 2.24) is 0 Å². The summed E-state index contributed by atoms with van der Waals surface area (Å²) in [6.07, 6.45) is 4.75. The highest BCUT2D eigenvalue weighted by atomic mass is 32.2. The minimum atomic E-state index is -2.68. The van der Waals surface area contributed by atoms with Crippen molar-refractivity contribution in [3.63, 3.8) is 0 Å². The summed E-state index contributed by atoms with van der Waals surface area (Å²) in [6.45, 7) is 3.76. The van der Waals surface area contributed by atoms with Crippen LogP contribution in [0.15, 0.2) is 0 Å². The fourth-order valence-electron chi connectivity index (χ4n) is 0.724. The fourth-order valence-corrected chi connectivity index (χ4v) is 2.17. The highest BCUT2D eigenvalue weighted by Crippen LogP contribution is 1.94. The van der Waals surface area contributed by atoms with E-state index in [9.17, 15) is 13.0 Å². The Labute approximate surface area is 85.0 Å². The molecule has 0 aromatic heterocycles. The lowest BCUT2D eigenvalue weighted by Crippen LogP contribution is -2.08. The lowest BCUT2D eigenvalue weighted by molar-refractivity contribution is 0.593. The van der Waals surface area contributed by atoms with Crippen LogP contribution in [-0.4, -0.2) is 37.0 Å². The summed E-state index contributed by atoms with van der Waals surface area (Å²) in [5, 5.41) is 0. The van der Waals surface area contributed by atoms with Gasteiger partial charge in [-0.2, -0.15) is 0 Å². The molecule has 13 heavy (non-hydrogen) atoms. The first-order valence-corrected chi connectivity index (χ1v) is 8.10. The Balaban J connectivity index is 0. The van der Waals surface area contributed by atoms with Gasteiger partial charge >= 0.3 is 0 Å². The van der Waals surface area contributed by atoms with E-state index in [1.807, 2.05) is 13.8 Å². The van der Waals surface area contributed by atoms with Gasteiger partial charge < -0.3 is 4.55 Å². The lowest BCUT2D eigenvalue weighted by atomic mass is 10.6. The maximum atomic E-state index is 10.8. The number of rotatable bonds is 4. The van der Waals surface area contributed by atoms with E-state index < -0.39 is 21.0 Å². The van der Waals surface area contributed by atoms with Gasteiger partial charge in [-0.05, 0) is 12.8 Å². The second-order valence-corrected chi connectivity index (χ2v) is 6.68. The van der Waals surface area contributed by atoms with Gasteiger partial charge in [-0.3, -0.25) is 0 Å². The van der Waals surface area contributed by atoms with Crippen molar-refractivity contribution < 1.29 is 13.0 Å². The zero-order chi connectivity index (χ0) is 10.9. The van der Waals surface area contributed by atoms with Crippen LogP contribution in [0.2, 0.25) is 0 Å². The van der Waals surface area contributed by atoms with E-state index in [1.54, 1.807) is 12.5 Å². The van der Waals surface area contributed by atoms with Gasteiger partial charge in [0.25, 0.3) is 0 Å².